The number of aryl methyl sites for hydroxylation is 1. The van der Waals surface area contributed by atoms with Gasteiger partial charge in [0, 0.05) is 11.1 Å². The molecule has 0 bridgehead atoms. The Hall–Kier alpha value is -3.93. The summed E-state index contributed by atoms with van der Waals surface area (Å²) in [5, 5.41) is 22.8. The Morgan fingerprint density at radius 1 is 1.11 bits per heavy atom. The summed E-state index contributed by atoms with van der Waals surface area (Å²) in [5.41, 5.74) is 6.07. The monoisotopic (exact) mass is 370 g/mol. The predicted molar refractivity (Wildman–Crippen MR) is 109 cm³/mol. The molecule has 0 aliphatic carbocycles. The summed E-state index contributed by atoms with van der Waals surface area (Å²) in [6.45, 7) is 2.01. The van der Waals surface area contributed by atoms with Gasteiger partial charge in [0.1, 0.15) is 11.4 Å². The first kappa shape index (κ1) is 17.5. The van der Waals surface area contributed by atoms with E-state index in [4.69, 9.17) is 0 Å². The summed E-state index contributed by atoms with van der Waals surface area (Å²) in [7, 11) is 0. The number of nitrogens with zero attached hydrogens (tertiary/aromatic N) is 2. The molecule has 28 heavy (non-hydrogen) atoms. The minimum atomic E-state index is -0.415. The van der Waals surface area contributed by atoms with Gasteiger partial charge < -0.3 is 5.11 Å². The van der Waals surface area contributed by atoms with E-state index in [1.165, 1.54) is 6.21 Å². The lowest BCUT2D eigenvalue weighted by atomic mass is 10.0. The van der Waals surface area contributed by atoms with E-state index in [1.54, 1.807) is 12.1 Å². The molecule has 4 aromatic rings. The minimum absolute atomic E-state index is 0.0971. The molecule has 0 spiro atoms. The highest BCUT2D eigenvalue weighted by atomic mass is 16.3. The molecule has 0 unspecified atom stereocenters. The number of rotatable bonds is 4. The van der Waals surface area contributed by atoms with Crippen LogP contribution in [-0.4, -0.2) is 27.4 Å². The number of aromatic hydroxyl groups is 1. The molecule has 0 saturated carbocycles. The zero-order valence-corrected chi connectivity index (χ0v) is 15.2. The predicted octanol–water partition coefficient (Wildman–Crippen LogP) is 4.01. The van der Waals surface area contributed by atoms with Crippen LogP contribution in [0.4, 0.5) is 0 Å². The van der Waals surface area contributed by atoms with Crippen molar-refractivity contribution in [1.82, 2.24) is 15.6 Å². The van der Waals surface area contributed by atoms with Crippen LogP contribution in [0.15, 0.2) is 71.8 Å². The average molecular weight is 370 g/mol. The van der Waals surface area contributed by atoms with Gasteiger partial charge in [-0.15, -0.1) is 0 Å². The third-order valence-corrected chi connectivity index (χ3v) is 4.48. The van der Waals surface area contributed by atoms with E-state index < -0.39 is 5.91 Å². The first-order valence-electron chi connectivity index (χ1n) is 8.78. The number of amides is 1. The Bertz CT molecular complexity index is 1180. The van der Waals surface area contributed by atoms with E-state index >= 15 is 0 Å². The lowest BCUT2D eigenvalue weighted by Gasteiger charge is -2.04. The highest BCUT2D eigenvalue weighted by molar-refractivity contribution is 6.03. The number of phenols is 1. The average Bonchev–Trinajstić information content (AvgIpc) is 3.20. The topological polar surface area (TPSA) is 90.4 Å². The third-order valence-electron chi connectivity index (χ3n) is 4.48. The lowest BCUT2D eigenvalue weighted by Crippen LogP contribution is -2.18. The van der Waals surface area contributed by atoms with Crippen molar-refractivity contribution in [2.24, 2.45) is 5.10 Å². The number of fused-ring (bicyclic) bond motifs is 1. The quantitative estimate of drug-likeness (QED) is 0.374. The van der Waals surface area contributed by atoms with Crippen molar-refractivity contribution in [2.45, 2.75) is 6.92 Å². The number of hydrogen-bond acceptors (Lipinski definition) is 4. The van der Waals surface area contributed by atoms with Gasteiger partial charge in [0.15, 0.2) is 0 Å². The summed E-state index contributed by atoms with van der Waals surface area (Å²) in [5.74, 6) is -0.318. The zero-order chi connectivity index (χ0) is 19.5. The number of carbonyl (C=O) groups excluding carboxylic acids is 1. The van der Waals surface area contributed by atoms with Gasteiger partial charge >= 0.3 is 0 Å². The fourth-order valence-corrected chi connectivity index (χ4v) is 2.95. The molecule has 0 atom stereocenters. The van der Waals surface area contributed by atoms with Crippen LogP contribution in [0, 0.1) is 6.92 Å². The summed E-state index contributed by atoms with van der Waals surface area (Å²) in [6.07, 6.45) is 1.44. The fourth-order valence-electron chi connectivity index (χ4n) is 2.95. The highest BCUT2D eigenvalue weighted by Gasteiger charge is 2.11. The second kappa shape index (κ2) is 7.36. The van der Waals surface area contributed by atoms with Gasteiger partial charge in [-0.1, -0.05) is 60.2 Å². The van der Waals surface area contributed by atoms with Gasteiger partial charge in [0.05, 0.1) is 11.9 Å². The summed E-state index contributed by atoms with van der Waals surface area (Å²) in [4.78, 5) is 12.3. The first-order chi connectivity index (χ1) is 13.6. The van der Waals surface area contributed by atoms with Crippen LogP contribution in [0.1, 0.15) is 21.6 Å². The second-order valence-electron chi connectivity index (χ2n) is 6.45. The van der Waals surface area contributed by atoms with Crippen molar-refractivity contribution in [2.75, 3.05) is 0 Å². The molecule has 0 fully saturated rings. The minimum Gasteiger partial charge on any atom is -0.507 e. The largest absolute Gasteiger partial charge is 0.507 e. The fraction of sp³-hybridized carbons (Fsp3) is 0.0455. The van der Waals surface area contributed by atoms with Crippen molar-refractivity contribution in [3.8, 4) is 17.0 Å². The maximum Gasteiger partial charge on any atom is 0.289 e. The Balaban J connectivity index is 1.51. The van der Waals surface area contributed by atoms with Crippen molar-refractivity contribution in [3.05, 3.63) is 83.6 Å². The lowest BCUT2D eigenvalue weighted by molar-refractivity contribution is 0.0950. The molecule has 0 saturated heterocycles. The van der Waals surface area contributed by atoms with Crippen LogP contribution < -0.4 is 5.43 Å². The van der Waals surface area contributed by atoms with E-state index in [9.17, 15) is 9.90 Å². The molecule has 4 rings (SSSR count). The SMILES string of the molecule is Cc1ccc(-c2cc(C(=O)N/N=C/c3c(O)ccc4ccccc34)[nH]n2)cc1. The molecule has 3 N–H and O–H groups in total. The summed E-state index contributed by atoms with van der Waals surface area (Å²) in [6, 6.07) is 20.6. The van der Waals surface area contributed by atoms with E-state index in [-0.39, 0.29) is 5.75 Å². The van der Waals surface area contributed by atoms with Crippen molar-refractivity contribution in [3.63, 3.8) is 0 Å². The van der Waals surface area contributed by atoms with Crippen molar-refractivity contribution >= 4 is 22.9 Å². The Morgan fingerprint density at radius 3 is 2.71 bits per heavy atom. The van der Waals surface area contributed by atoms with Crippen LogP contribution in [0.3, 0.4) is 0 Å². The molecule has 1 heterocycles. The molecule has 3 aromatic carbocycles. The Kier molecular flexibility index (Phi) is 4.60. The Labute approximate surface area is 161 Å². The molecule has 0 aliphatic heterocycles. The van der Waals surface area contributed by atoms with E-state index in [1.807, 2.05) is 61.5 Å². The molecule has 0 radical (unpaired) electrons. The van der Waals surface area contributed by atoms with E-state index in [0.29, 0.717) is 17.0 Å². The third kappa shape index (κ3) is 3.48. The van der Waals surface area contributed by atoms with Gasteiger partial charge in [-0.3, -0.25) is 9.89 Å². The first-order valence-corrected chi connectivity index (χ1v) is 8.78. The van der Waals surface area contributed by atoms with Gasteiger partial charge in [-0.2, -0.15) is 10.2 Å². The number of aromatic nitrogens is 2. The van der Waals surface area contributed by atoms with Gasteiger partial charge in [-0.25, -0.2) is 5.43 Å². The number of hydrazone groups is 1. The smallest absolute Gasteiger partial charge is 0.289 e. The number of phenolic OH excluding ortho intramolecular Hbond substituents is 1. The number of nitrogens with one attached hydrogen (secondary N) is 2. The number of hydrogen-bond donors (Lipinski definition) is 3. The molecule has 6 heteroatoms. The molecule has 1 amide bonds. The summed E-state index contributed by atoms with van der Waals surface area (Å²) < 4.78 is 0. The number of carbonyl (C=O) groups is 1. The molecule has 138 valence electrons. The summed E-state index contributed by atoms with van der Waals surface area (Å²) >= 11 is 0. The molecular weight excluding hydrogens is 352 g/mol. The van der Waals surface area contributed by atoms with Crippen LogP contribution in [0.5, 0.6) is 5.75 Å². The van der Waals surface area contributed by atoms with E-state index in [2.05, 4.69) is 20.7 Å². The molecule has 0 aliphatic rings. The van der Waals surface area contributed by atoms with Crippen LogP contribution in [0.25, 0.3) is 22.0 Å². The second-order valence-corrected chi connectivity index (χ2v) is 6.45. The zero-order valence-electron chi connectivity index (χ0n) is 15.2. The number of aromatic amines is 1. The van der Waals surface area contributed by atoms with Crippen LogP contribution >= 0.6 is 0 Å². The van der Waals surface area contributed by atoms with Gasteiger partial charge in [0.25, 0.3) is 5.91 Å². The standard InChI is InChI=1S/C22H18N4O2/c1-14-6-8-16(9-7-14)19-12-20(25-24-19)22(28)26-23-13-18-17-5-3-2-4-15(17)10-11-21(18)27/h2-13,27H,1H3,(H,24,25)(H,26,28)/b23-13+. The number of H-pyrrole nitrogens is 1. The Morgan fingerprint density at radius 2 is 1.89 bits per heavy atom. The van der Waals surface area contributed by atoms with E-state index in [0.717, 1.165) is 21.9 Å². The maximum atomic E-state index is 12.3. The molecule has 6 nitrogen and oxygen atoms in total. The van der Waals surface area contributed by atoms with Gasteiger partial charge in [-0.05, 0) is 29.8 Å². The maximum absolute atomic E-state index is 12.3. The molecule has 1 aromatic heterocycles. The highest BCUT2D eigenvalue weighted by Crippen LogP contribution is 2.25. The molecular formula is C22H18N4O2. The van der Waals surface area contributed by atoms with Crippen molar-refractivity contribution in [1.29, 1.82) is 0 Å². The number of benzene rings is 3. The van der Waals surface area contributed by atoms with Crippen molar-refractivity contribution < 1.29 is 9.90 Å². The van der Waals surface area contributed by atoms with Crippen LogP contribution in [0.2, 0.25) is 0 Å². The van der Waals surface area contributed by atoms with Gasteiger partial charge in [0.2, 0.25) is 0 Å². The normalized spacial score (nSPS) is 11.2. The van der Waals surface area contributed by atoms with Crippen LogP contribution in [-0.2, 0) is 0 Å².